The maximum Gasteiger partial charge on any atom is 0.228 e. The molecule has 4 heteroatoms. The number of hydrogen-bond donors (Lipinski definition) is 1. The lowest BCUT2D eigenvalue weighted by Gasteiger charge is -2.66. The van der Waals surface area contributed by atoms with E-state index in [4.69, 9.17) is 5.73 Å². The van der Waals surface area contributed by atoms with Crippen LogP contribution in [0.25, 0.3) is 0 Å². The number of likely N-dealkylation sites (tertiary alicyclic amines) is 1. The summed E-state index contributed by atoms with van der Waals surface area (Å²) in [7, 11) is 0. The summed E-state index contributed by atoms with van der Waals surface area (Å²) >= 11 is 0. The molecule has 4 unspecified atom stereocenters. The van der Waals surface area contributed by atoms with Crippen LogP contribution in [0.5, 0.6) is 0 Å². The lowest BCUT2D eigenvalue weighted by molar-refractivity contribution is -0.177. The van der Waals surface area contributed by atoms with Crippen molar-refractivity contribution in [2.45, 2.75) is 94.9 Å². The van der Waals surface area contributed by atoms with Crippen molar-refractivity contribution in [1.82, 2.24) is 4.90 Å². The molecule has 7 rings (SSSR count). The summed E-state index contributed by atoms with van der Waals surface area (Å²) in [4.78, 5) is 30.4. The zero-order valence-electron chi connectivity index (χ0n) is 20.1. The van der Waals surface area contributed by atoms with Crippen molar-refractivity contribution in [1.29, 1.82) is 0 Å². The number of rotatable bonds is 5. The fraction of sp³-hybridized carbons (Fsp3) is 0.724. The van der Waals surface area contributed by atoms with Crippen molar-refractivity contribution in [3.63, 3.8) is 0 Å². The van der Waals surface area contributed by atoms with Gasteiger partial charge in [-0.25, -0.2) is 0 Å². The Balaban J connectivity index is 1.35. The molecule has 5 aliphatic carbocycles. The van der Waals surface area contributed by atoms with Crippen LogP contribution >= 0.6 is 0 Å². The summed E-state index contributed by atoms with van der Waals surface area (Å²) < 4.78 is 0. The second-order valence-corrected chi connectivity index (χ2v) is 12.6. The third-order valence-corrected chi connectivity index (χ3v) is 10.3. The second kappa shape index (κ2) is 7.93. The Hall–Kier alpha value is -1.68. The predicted octanol–water partition coefficient (Wildman–Crippen LogP) is 4.99. The van der Waals surface area contributed by atoms with Crippen molar-refractivity contribution in [2.75, 3.05) is 13.1 Å². The van der Waals surface area contributed by atoms with E-state index in [1.165, 1.54) is 5.56 Å². The summed E-state index contributed by atoms with van der Waals surface area (Å²) in [5, 5.41) is 0. The van der Waals surface area contributed by atoms with Crippen LogP contribution in [-0.2, 0) is 15.0 Å². The van der Waals surface area contributed by atoms with E-state index in [1.807, 2.05) is 0 Å². The fourth-order valence-corrected chi connectivity index (χ4v) is 9.23. The summed E-state index contributed by atoms with van der Waals surface area (Å²) in [6.07, 6.45) is 13.1. The number of carbonyl (C=O) groups excluding carboxylic acids is 2. The first-order chi connectivity index (χ1) is 15.9. The van der Waals surface area contributed by atoms with E-state index in [1.54, 1.807) is 0 Å². The van der Waals surface area contributed by atoms with Crippen molar-refractivity contribution >= 4 is 11.7 Å². The molecule has 4 bridgehead atoms. The smallest absolute Gasteiger partial charge is 0.228 e. The molecule has 4 nitrogen and oxygen atoms in total. The molecule has 1 aliphatic heterocycles. The van der Waals surface area contributed by atoms with E-state index in [0.29, 0.717) is 36.0 Å². The summed E-state index contributed by atoms with van der Waals surface area (Å²) in [6, 6.07) is 11.2. The molecule has 4 atom stereocenters. The monoisotopic (exact) mass is 448 g/mol. The third kappa shape index (κ3) is 3.59. The summed E-state index contributed by atoms with van der Waals surface area (Å²) in [5.41, 5.74) is 6.86. The highest BCUT2D eigenvalue weighted by Crippen LogP contribution is 2.71. The van der Waals surface area contributed by atoms with Crippen LogP contribution in [0.1, 0.15) is 89.0 Å². The van der Waals surface area contributed by atoms with Gasteiger partial charge in [0.2, 0.25) is 5.91 Å². The van der Waals surface area contributed by atoms with Crippen LogP contribution in [0, 0.1) is 22.7 Å². The average molecular weight is 449 g/mol. The van der Waals surface area contributed by atoms with E-state index < -0.39 is 0 Å². The number of nitrogens with zero attached hydrogens (tertiary/aromatic N) is 1. The minimum Gasteiger partial charge on any atom is -0.342 e. The Morgan fingerprint density at radius 1 is 0.879 bits per heavy atom. The van der Waals surface area contributed by atoms with Gasteiger partial charge in [0.05, 0.1) is 5.41 Å². The summed E-state index contributed by atoms with van der Waals surface area (Å²) in [6.45, 7) is 1.82. The largest absolute Gasteiger partial charge is 0.342 e. The number of Topliss-reactive ketones (excluding diaryl/α,β-unsaturated/α-hetero) is 1. The minimum absolute atomic E-state index is 0.0133. The molecule has 1 heterocycles. The number of carbonyl (C=O) groups is 2. The Bertz CT molecular complexity index is 917. The number of hydrogen-bond acceptors (Lipinski definition) is 3. The zero-order valence-corrected chi connectivity index (χ0v) is 20.1. The lowest BCUT2D eigenvalue weighted by atomic mass is 9.37. The Morgan fingerprint density at radius 2 is 1.55 bits per heavy atom. The molecular formula is C29H40N2O2. The lowest BCUT2D eigenvalue weighted by Crippen LogP contribution is -2.64. The molecule has 2 N–H and O–H groups in total. The molecule has 0 spiro atoms. The summed E-state index contributed by atoms with van der Waals surface area (Å²) in [5.74, 6) is 1.84. The highest BCUT2D eigenvalue weighted by molar-refractivity contribution is 5.90. The molecule has 6 aliphatic rings. The van der Waals surface area contributed by atoms with Gasteiger partial charge in [-0.05, 0) is 99.9 Å². The SMILES string of the molecule is NC1CCC(CC(=O)C23CC4CC(C(=O)N5CCCC5)(C2)CC(c2ccccc2)(C4)C3)CC1. The van der Waals surface area contributed by atoms with Gasteiger partial charge in [-0.3, -0.25) is 9.59 Å². The quantitative estimate of drug-likeness (QED) is 0.690. The first-order valence-corrected chi connectivity index (χ1v) is 13.6. The first kappa shape index (κ1) is 21.8. The van der Waals surface area contributed by atoms with Crippen LogP contribution in [0.3, 0.4) is 0 Å². The maximum atomic E-state index is 14.1. The topological polar surface area (TPSA) is 63.4 Å². The zero-order chi connectivity index (χ0) is 22.7. The number of benzene rings is 1. The third-order valence-electron chi connectivity index (χ3n) is 10.3. The van der Waals surface area contributed by atoms with Crippen LogP contribution < -0.4 is 5.73 Å². The molecule has 5 saturated carbocycles. The van der Waals surface area contributed by atoms with E-state index in [2.05, 4.69) is 35.2 Å². The van der Waals surface area contributed by atoms with Crippen LogP contribution in [0.4, 0.5) is 0 Å². The van der Waals surface area contributed by atoms with Gasteiger partial charge in [-0.2, -0.15) is 0 Å². The average Bonchev–Trinajstić information content (AvgIpc) is 3.35. The van der Waals surface area contributed by atoms with Crippen molar-refractivity contribution < 1.29 is 9.59 Å². The van der Waals surface area contributed by atoms with Crippen molar-refractivity contribution in [2.24, 2.45) is 28.4 Å². The standard InChI is InChI=1S/C29H40N2O2/c30-24-10-8-21(9-11-24)14-25(32)28-16-22-15-27(18-28,23-6-2-1-3-7-23)19-29(17-22,20-28)26(33)31-12-4-5-13-31/h1-3,6-7,21-22,24H,4-5,8-20,30H2. The van der Waals surface area contributed by atoms with Gasteiger partial charge in [-0.15, -0.1) is 0 Å². The van der Waals surface area contributed by atoms with Crippen LogP contribution in [-0.4, -0.2) is 35.7 Å². The van der Waals surface area contributed by atoms with Crippen LogP contribution in [0.15, 0.2) is 30.3 Å². The maximum absolute atomic E-state index is 14.1. The predicted molar refractivity (Wildman–Crippen MR) is 130 cm³/mol. The van der Waals surface area contributed by atoms with Crippen molar-refractivity contribution in [3.05, 3.63) is 35.9 Å². The van der Waals surface area contributed by atoms with E-state index >= 15 is 0 Å². The number of ketones is 1. The van der Waals surface area contributed by atoms with Gasteiger partial charge in [0.25, 0.3) is 0 Å². The molecule has 6 fully saturated rings. The Morgan fingerprint density at radius 3 is 2.27 bits per heavy atom. The Labute approximate surface area is 198 Å². The van der Waals surface area contributed by atoms with Gasteiger partial charge in [0.1, 0.15) is 5.78 Å². The van der Waals surface area contributed by atoms with Gasteiger partial charge < -0.3 is 10.6 Å². The molecule has 1 amide bonds. The molecule has 1 aromatic carbocycles. The number of amides is 1. The molecule has 178 valence electrons. The molecule has 33 heavy (non-hydrogen) atoms. The van der Waals surface area contributed by atoms with Gasteiger partial charge in [0, 0.05) is 31.0 Å². The Kier molecular flexibility index (Phi) is 5.25. The second-order valence-electron chi connectivity index (χ2n) is 12.6. The molecule has 1 saturated heterocycles. The molecule has 1 aromatic rings. The van der Waals surface area contributed by atoms with Gasteiger partial charge in [-0.1, -0.05) is 30.3 Å². The molecular weight excluding hydrogens is 408 g/mol. The number of nitrogens with two attached hydrogens (primary N) is 1. The van der Waals surface area contributed by atoms with E-state index in [9.17, 15) is 9.59 Å². The molecule has 0 radical (unpaired) electrons. The minimum atomic E-state index is -0.329. The highest BCUT2D eigenvalue weighted by atomic mass is 16.2. The van der Waals surface area contributed by atoms with E-state index in [-0.39, 0.29) is 16.2 Å². The molecule has 0 aromatic heterocycles. The highest BCUT2D eigenvalue weighted by Gasteiger charge is 2.68. The van der Waals surface area contributed by atoms with Gasteiger partial charge >= 0.3 is 0 Å². The normalized spacial score (nSPS) is 42.0. The van der Waals surface area contributed by atoms with Crippen molar-refractivity contribution in [3.8, 4) is 0 Å². The van der Waals surface area contributed by atoms with E-state index in [0.717, 1.165) is 90.1 Å². The first-order valence-electron chi connectivity index (χ1n) is 13.6. The van der Waals surface area contributed by atoms with Gasteiger partial charge in [0.15, 0.2) is 0 Å². The van der Waals surface area contributed by atoms with Crippen LogP contribution in [0.2, 0.25) is 0 Å². The fourth-order valence-electron chi connectivity index (χ4n) is 9.23.